The maximum Gasteiger partial charge on any atom is 0.337 e. The lowest BCUT2D eigenvalue weighted by Gasteiger charge is -2.04. The molecule has 0 heterocycles. The van der Waals surface area contributed by atoms with Gasteiger partial charge in [-0.2, -0.15) is 0 Å². The van der Waals surface area contributed by atoms with Crippen molar-refractivity contribution in [3.05, 3.63) is 48.2 Å². The van der Waals surface area contributed by atoms with Crippen molar-refractivity contribution in [2.24, 2.45) is 0 Å². The van der Waals surface area contributed by atoms with E-state index in [4.69, 9.17) is 5.11 Å². The first-order valence-electron chi connectivity index (χ1n) is 6.87. The molecule has 0 saturated heterocycles. The molecule has 0 fully saturated rings. The molecule has 0 aliphatic rings. The van der Waals surface area contributed by atoms with Gasteiger partial charge in [0.25, 0.3) is 0 Å². The molecule has 1 aromatic carbocycles. The Hall–Kier alpha value is -1.81. The van der Waals surface area contributed by atoms with Crippen molar-refractivity contribution < 1.29 is 14.6 Å². The first kappa shape index (κ1) is 21.5. The summed E-state index contributed by atoms with van der Waals surface area (Å²) in [6.07, 6.45) is 2.61. The lowest BCUT2D eigenvalue weighted by atomic mass is 10.1. The van der Waals surface area contributed by atoms with E-state index in [-0.39, 0.29) is 5.97 Å². The molecule has 0 saturated carbocycles. The van der Waals surface area contributed by atoms with Crippen LogP contribution in [-0.2, 0) is 11.2 Å². The standard InChI is InChI=1S/C10H12O2.C4H10O.C3H7N/c1-3-8-4-6-9(7-5-8)10(11)12-2;1-4(2,3)5;1-3-4-2/h4-7H,3H2,1-2H3;5H,1-3H3;3-4H,1H2,2H3. The van der Waals surface area contributed by atoms with Crippen molar-refractivity contribution in [3.8, 4) is 0 Å². The average Bonchev–Trinajstić information content (AvgIpc) is 2.45. The molecule has 0 radical (unpaired) electrons. The van der Waals surface area contributed by atoms with Crippen LogP contribution in [-0.4, -0.2) is 30.8 Å². The first-order chi connectivity index (χ1) is 9.69. The molecule has 4 heteroatoms. The van der Waals surface area contributed by atoms with Gasteiger partial charge < -0.3 is 15.2 Å². The summed E-state index contributed by atoms with van der Waals surface area (Å²) < 4.78 is 4.57. The van der Waals surface area contributed by atoms with Gasteiger partial charge in [0.2, 0.25) is 0 Å². The second-order valence-corrected chi connectivity index (χ2v) is 5.21. The van der Waals surface area contributed by atoms with E-state index in [1.807, 2.05) is 19.2 Å². The van der Waals surface area contributed by atoms with E-state index in [0.717, 1.165) is 6.42 Å². The highest BCUT2D eigenvalue weighted by atomic mass is 16.5. The number of carbonyl (C=O) groups excluding carboxylic acids is 1. The fourth-order valence-corrected chi connectivity index (χ4v) is 0.994. The molecular weight excluding hydrogens is 266 g/mol. The Bertz CT molecular complexity index is 385. The quantitative estimate of drug-likeness (QED) is 0.841. The zero-order valence-corrected chi connectivity index (χ0v) is 14.1. The minimum Gasteiger partial charge on any atom is -0.465 e. The Labute approximate surface area is 128 Å². The number of methoxy groups -OCH3 is 1. The Morgan fingerprint density at radius 1 is 1.33 bits per heavy atom. The summed E-state index contributed by atoms with van der Waals surface area (Å²) in [5, 5.41) is 11.2. The third-order valence-electron chi connectivity index (χ3n) is 1.99. The van der Waals surface area contributed by atoms with Crippen molar-refractivity contribution in [1.29, 1.82) is 0 Å². The number of rotatable bonds is 3. The highest BCUT2D eigenvalue weighted by molar-refractivity contribution is 5.89. The predicted molar refractivity (Wildman–Crippen MR) is 88.4 cm³/mol. The monoisotopic (exact) mass is 295 g/mol. The van der Waals surface area contributed by atoms with E-state index in [9.17, 15) is 4.79 Å². The lowest BCUT2D eigenvalue weighted by molar-refractivity contribution is 0.0600. The van der Waals surface area contributed by atoms with Crippen molar-refractivity contribution in [3.63, 3.8) is 0 Å². The number of esters is 1. The van der Waals surface area contributed by atoms with E-state index >= 15 is 0 Å². The van der Waals surface area contributed by atoms with Crippen molar-refractivity contribution in [2.45, 2.75) is 39.7 Å². The molecule has 4 nitrogen and oxygen atoms in total. The normalized spacial score (nSPS) is 9.29. The van der Waals surface area contributed by atoms with Gasteiger partial charge in [-0.25, -0.2) is 4.79 Å². The van der Waals surface area contributed by atoms with Gasteiger partial charge in [-0.05, 0) is 51.1 Å². The molecule has 0 atom stereocenters. The molecule has 1 rings (SSSR count). The molecule has 0 aliphatic heterocycles. The Balaban J connectivity index is 0. The minimum absolute atomic E-state index is 0.280. The number of aryl methyl sites for hydroxylation is 1. The van der Waals surface area contributed by atoms with E-state index in [1.54, 1.807) is 39.1 Å². The second kappa shape index (κ2) is 12.0. The Morgan fingerprint density at radius 2 is 1.71 bits per heavy atom. The van der Waals surface area contributed by atoms with Crippen LogP contribution in [0, 0.1) is 0 Å². The highest BCUT2D eigenvalue weighted by Crippen LogP contribution is 2.05. The molecule has 0 aliphatic carbocycles. The van der Waals surface area contributed by atoms with Crippen molar-refractivity contribution >= 4 is 5.97 Å². The summed E-state index contributed by atoms with van der Waals surface area (Å²) in [6, 6.07) is 7.44. The van der Waals surface area contributed by atoms with E-state index in [1.165, 1.54) is 12.7 Å². The average molecular weight is 295 g/mol. The van der Waals surface area contributed by atoms with E-state index in [0.29, 0.717) is 5.56 Å². The molecular formula is C17H29NO3. The van der Waals surface area contributed by atoms with E-state index < -0.39 is 5.60 Å². The molecule has 1 aromatic rings. The number of hydrogen-bond donors (Lipinski definition) is 2. The summed E-state index contributed by atoms with van der Waals surface area (Å²) in [5.41, 5.74) is 1.33. The number of carbonyl (C=O) groups is 1. The number of nitrogens with one attached hydrogen (secondary N) is 1. The fourth-order valence-electron chi connectivity index (χ4n) is 0.994. The topological polar surface area (TPSA) is 58.6 Å². The number of aliphatic hydroxyl groups is 1. The molecule has 0 spiro atoms. The highest BCUT2D eigenvalue weighted by Gasteiger charge is 2.02. The van der Waals surface area contributed by atoms with Gasteiger partial charge in [0.1, 0.15) is 0 Å². The van der Waals surface area contributed by atoms with Crippen LogP contribution in [0.25, 0.3) is 0 Å². The van der Waals surface area contributed by atoms with Crippen LogP contribution >= 0.6 is 0 Å². The van der Waals surface area contributed by atoms with Crippen LogP contribution in [0.4, 0.5) is 0 Å². The zero-order valence-electron chi connectivity index (χ0n) is 14.1. The van der Waals surface area contributed by atoms with E-state index in [2.05, 4.69) is 23.6 Å². The lowest BCUT2D eigenvalue weighted by Crippen LogP contribution is -2.10. The summed E-state index contributed by atoms with van der Waals surface area (Å²) in [5.74, 6) is -0.280. The number of hydrogen-bond acceptors (Lipinski definition) is 4. The van der Waals surface area contributed by atoms with Gasteiger partial charge in [-0.15, -0.1) is 0 Å². The maximum atomic E-state index is 11.0. The van der Waals surface area contributed by atoms with Crippen molar-refractivity contribution in [1.82, 2.24) is 5.32 Å². The Morgan fingerprint density at radius 3 is 1.95 bits per heavy atom. The van der Waals surface area contributed by atoms with Crippen molar-refractivity contribution in [2.75, 3.05) is 14.2 Å². The molecule has 0 bridgehead atoms. The van der Waals surface area contributed by atoms with Crippen LogP contribution in [0.1, 0.15) is 43.6 Å². The second-order valence-electron chi connectivity index (χ2n) is 5.21. The fraction of sp³-hybridized carbons (Fsp3) is 0.471. The van der Waals surface area contributed by atoms with Crippen LogP contribution in [0.15, 0.2) is 37.0 Å². The third kappa shape index (κ3) is 16.1. The number of benzene rings is 1. The zero-order chi connectivity index (χ0) is 16.9. The largest absolute Gasteiger partial charge is 0.465 e. The van der Waals surface area contributed by atoms with Crippen LogP contribution in [0.3, 0.4) is 0 Å². The SMILES string of the molecule is C=CNC.CC(C)(C)O.CCc1ccc(C(=O)OC)cc1. The van der Waals surface area contributed by atoms with Gasteiger partial charge in [0, 0.05) is 7.05 Å². The van der Waals surface area contributed by atoms with Crippen LogP contribution in [0.5, 0.6) is 0 Å². The summed E-state index contributed by atoms with van der Waals surface area (Å²) in [6.45, 7) is 10.7. The maximum absolute atomic E-state index is 11.0. The molecule has 0 aromatic heterocycles. The summed E-state index contributed by atoms with van der Waals surface area (Å²) in [7, 11) is 3.20. The summed E-state index contributed by atoms with van der Waals surface area (Å²) >= 11 is 0. The first-order valence-corrected chi connectivity index (χ1v) is 6.87. The molecule has 21 heavy (non-hydrogen) atoms. The number of ether oxygens (including phenoxy) is 1. The smallest absolute Gasteiger partial charge is 0.337 e. The van der Waals surface area contributed by atoms with Gasteiger partial charge in [0.15, 0.2) is 0 Å². The van der Waals surface area contributed by atoms with Gasteiger partial charge in [0.05, 0.1) is 18.3 Å². The van der Waals surface area contributed by atoms with Gasteiger partial charge >= 0.3 is 5.97 Å². The summed E-state index contributed by atoms with van der Waals surface area (Å²) in [4.78, 5) is 11.0. The molecule has 2 N–H and O–H groups in total. The predicted octanol–water partition coefficient (Wildman–Crippen LogP) is 3.16. The van der Waals surface area contributed by atoms with Gasteiger partial charge in [-0.1, -0.05) is 25.6 Å². The van der Waals surface area contributed by atoms with Crippen LogP contribution in [0.2, 0.25) is 0 Å². The molecule has 0 unspecified atom stereocenters. The van der Waals surface area contributed by atoms with Crippen LogP contribution < -0.4 is 5.32 Å². The Kier molecular flexibility index (Phi) is 12.2. The van der Waals surface area contributed by atoms with Gasteiger partial charge in [-0.3, -0.25) is 0 Å². The minimum atomic E-state index is -0.500. The molecule has 0 amide bonds. The third-order valence-corrected chi connectivity index (χ3v) is 1.99. The molecule has 120 valence electrons.